The molecule has 2 aliphatic heterocycles. The molecule has 1 N–H and O–H groups in total. The first-order chi connectivity index (χ1) is 14.9. The molecule has 1 amide bonds. The summed E-state index contributed by atoms with van der Waals surface area (Å²) in [7, 11) is 0. The molecule has 3 rings (SSSR count). The molecule has 1 aromatic heterocycles. The van der Waals surface area contributed by atoms with Gasteiger partial charge in [-0.25, -0.2) is 9.37 Å². The number of carbonyl (C=O) groups excluding carboxylic acids is 2. The van der Waals surface area contributed by atoms with Gasteiger partial charge >= 0.3 is 0 Å². The van der Waals surface area contributed by atoms with Crippen LogP contribution in [-0.4, -0.2) is 34.7 Å². The van der Waals surface area contributed by atoms with Gasteiger partial charge in [0.1, 0.15) is 23.1 Å². The summed E-state index contributed by atoms with van der Waals surface area (Å²) < 4.78 is 27.6. The summed E-state index contributed by atoms with van der Waals surface area (Å²) in [6.45, 7) is 13.2. The van der Waals surface area contributed by atoms with Crippen molar-refractivity contribution in [2.45, 2.75) is 96.4 Å². The lowest BCUT2D eigenvalue weighted by Gasteiger charge is -2.32. The predicted molar refractivity (Wildman–Crippen MR) is 120 cm³/mol. The van der Waals surface area contributed by atoms with Crippen LogP contribution in [0.2, 0.25) is 0 Å². The fraction of sp³-hybridized carbons (Fsp3) is 0.720. The van der Waals surface area contributed by atoms with Crippen molar-refractivity contribution in [3.63, 3.8) is 0 Å². The van der Waals surface area contributed by atoms with E-state index in [0.717, 1.165) is 19.3 Å². The van der Waals surface area contributed by atoms with Crippen molar-refractivity contribution < 1.29 is 23.1 Å². The summed E-state index contributed by atoms with van der Waals surface area (Å²) >= 11 is 0. The topological polar surface area (TPSA) is 84.7 Å². The Bertz CT molecular complexity index is 881. The van der Waals surface area contributed by atoms with Gasteiger partial charge in [-0.05, 0) is 32.1 Å². The third kappa shape index (κ3) is 4.41. The van der Waals surface area contributed by atoms with Crippen LogP contribution in [0, 0.1) is 18.3 Å². The molecule has 1 aromatic rings. The first kappa shape index (κ1) is 24.6. The van der Waals surface area contributed by atoms with E-state index in [4.69, 9.17) is 9.15 Å². The first-order valence-corrected chi connectivity index (χ1v) is 11.6. The van der Waals surface area contributed by atoms with E-state index in [1.165, 1.54) is 12.3 Å². The van der Waals surface area contributed by atoms with Crippen molar-refractivity contribution in [3.05, 3.63) is 30.5 Å². The largest absolute Gasteiger partial charge is 0.449 e. The van der Waals surface area contributed by atoms with Crippen molar-refractivity contribution in [2.75, 3.05) is 6.54 Å². The zero-order valence-electron chi connectivity index (χ0n) is 20.1. The van der Waals surface area contributed by atoms with Crippen molar-refractivity contribution in [3.8, 4) is 0 Å². The maximum absolute atomic E-state index is 16.5. The van der Waals surface area contributed by atoms with Gasteiger partial charge in [0.25, 0.3) is 5.85 Å². The SMILES string of the molecule is C=CC1(c2coc(C)n2)CNC(=O)CCC(C)(C)C(=O)CCC(C)CCCC2(C)OC21F. The molecule has 6 nitrogen and oxygen atoms in total. The van der Waals surface area contributed by atoms with Crippen LogP contribution in [0.25, 0.3) is 0 Å². The molecule has 0 radical (unpaired) electrons. The monoisotopic (exact) mass is 448 g/mol. The number of hydrogen-bond acceptors (Lipinski definition) is 5. The molecule has 4 atom stereocenters. The van der Waals surface area contributed by atoms with E-state index in [0.29, 0.717) is 36.8 Å². The highest BCUT2D eigenvalue weighted by molar-refractivity contribution is 5.85. The number of Topliss-reactive ketones (excluding diaryl/α,β-unsaturated/α-hetero) is 1. The number of oxazole rings is 1. The molecule has 0 aliphatic carbocycles. The number of nitrogens with one attached hydrogen (secondary N) is 1. The van der Waals surface area contributed by atoms with Gasteiger partial charge in [-0.1, -0.05) is 39.7 Å². The van der Waals surface area contributed by atoms with Gasteiger partial charge in [0.15, 0.2) is 5.89 Å². The van der Waals surface area contributed by atoms with Gasteiger partial charge < -0.3 is 14.5 Å². The molecule has 4 unspecified atom stereocenters. The summed E-state index contributed by atoms with van der Waals surface area (Å²) in [5.41, 5.74) is -2.63. The van der Waals surface area contributed by atoms with Crippen LogP contribution in [0.4, 0.5) is 4.39 Å². The van der Waals surface area contributed by atoms with E-state index in [9.17, 15) is 9.59 Å². The molecular weight excluding hydrogens is 411 g/mol. The van der Waals surface area contributed by atoms with Crippen molar-refractivity contribution in [1.29, 1.82) is 0 Å². The van der Waals surface area contributed by atoms with Crippen molar-refractivity contribution >= 4 is 11.7 Å². The minimum atomic E-state index is -2.06. The molecule has 0 bridgehead atoms. The van der Waals surface area contributed by atoms with Crippen molar-refractivity contribution in [1.82, 2.24) is 10.3 Å². The zero-order valence-corrected chi connectivity index (χ0v) is 20.1. The average Bonchev–Trinajstić information content (AvgIpc) is 3.05. The molecule has 0 spiro atoms. The number of epoxide rings is 1. The average molecular weight is 449 g/mol. The molecule has 3 heterocycles. The van der Waals surface area contributed by atoms with E-state index in [1.807, 2.05) is 13.8 Å². The Labute approximate surface area is 190 Å². The van der Waals surface area contributed by atoms with Crippen LogP contribution in [0.5, 0.6) is 0 Å². The Morgan fingerprint density at radius 3 is 2.56 bits per heavy atom. The number of aryl methyl sites for hydroxylation is 1. The summed E-state index contributed by atoms with van der Waals surface area (Å²) in [6.07, 6.45) is 6.99. The highest BCUT2D eigenvalue weighted by Crippen LogP contribution is 2.62. The maximum Gasteiger partial charge on any atom is 0.255 e. The number of aromatic nitrogens is 1. The Hall–Kier alpha value is -2.02. The molecule has 0 aromatic carbocycles. The minimum absolute atomic E-state index is 0.0574. The van der Waals surface area contributed by atoms with Crippen LogP contribution in [0.1, 0.15) is 84.2 Å². The van der Waals surface area contributed by atoms with Gasteiger partial charge in [0.2, 0.25) is 5.91 Å². The summed E-state index contributed by atoms with van der Waals surface area (Å²) in [5, 5.41) is 2.85. The Kier molecular flexibility index (Phi) is 6.72. The summed E-state index contributed by atoms with van der Waals surface area (Å²) in [5.74, 6) is -1.37. The molecule has 32 heavy (non-hydrogen) atoms. The van der Waals surface area contributed by atoms with E-state index in [2.05, 4.69) is 23.8 Å². The second kappa shape index (κ2) is 8.73. The number of alkyl halides is 1. The molecule has 2 fully saturated rings. The van der Waals surface area contributed by atoms with Gasteiger partial charge in [-0.3, -0.25) is 9.59 Å². The number of ether oxygens (including phenoxy) is 1. The van der Waals surface area contributed by atoms with Crippen LogP contribution in [0.3, 0.4) is 0 Å². The number of hydrogen-bond donors (Lipinski definition) is 1. The van der Waals surface area contributed by atoms with Crippen LogP contribution in [-0.2, 0) is 19.7 Å². The van der Waals surface area contributed by atoms with Crippen LogP contribution in [0.15, 0.2) is 23.3 Å². The fourth-order valence-corrected chi connectivity index (χ4v) is 4.84. The lowest BCUT2D eigenvalue weighted by molar-refractivity contribution is -0.128. The Balaban J connectivity index is 1.92. The smallest absolute Gasteiger partial charge is 0.255 e. The zero-order chi connectivity index (χ0) is 23.8. The number of ketones is 1. The molecule has 2 aliphatic rings. The Morgan fingerprint density at radius 2 is 1.94 bits per heavy atom. The summed E-state index contributed by atoms with van der Waals surface area (Å²) in [6, 6.07) is 0. The maximum atomic E-state index is 16.5. The fourth-order valence-electron chi connectivity index (χ4n) is 4.84. The predicted octanol–water partition coefficient (Wildman–Crippen LogP) is 4.95. The van der Waals surface area contributed by atoms with Crippen LogP contribution >= 0.6 is 0 Å². The number of carbonyl (C=O) groups is 2. The Morgan fingerprint density at radius 1 is 1.22 bits per heavy atom. The third-order valence-electron chi connectivity index (χ3n) is 7.51. The van der Waals surface area contributed by atoms with Gasteiger partial charge in [0.05, 0.1) is 5.69 Å². The van der Waals surface area contributed by atoms with E-state index in [-0.39, 0.29) is 24.7 Å². The lowest BCUT2D eigenvalue weighted by Crippen LogP contribution is -2.51. The number of fused-ring (bicyclic) bond motifs is 1. The molecule has 178 valence electrons. The van der Waals surface area contributed by atoms with Gasteiger partial charge in [0, 0.05) is 31.7 Å². The van der Waals surface area contributed by atoms with E-state index in [1.54, 1.807) is 13.8 Å². The highest BCUT2D eigenvalue weighted by atomic mass is 19.2. The van der Waals surface area contributed by atoms with Gasteiger partial charge in [-0.2, -0.15) is 0 Å². The highest BCUT2D eigenvalue weighted by Gasteiger charge is 2.78. The minimum Gasteiger partial charge on any atom is -0.449 e. The molecule has 0 saturated carbocycles. The summed E-state index contributed by atoms with van der Waals surface area (Å²) in [4.78, 5) is 29.8. The normalized spacial score (nSPS) is 36.8. The third-order valence-corrected chi connectivity index (χ3v) is 7.51. The standard InChI is InChI=1S/C25H37FN2O4/c1-7-24(19-15-31-18(3)28-19)16-27-21(30)12-14-22(4,5)20(29)11-10-17(2)9-8-13-23(6)25(24,26)32-23/h7,15,17H,1,8-14,16H2,2-6H3,(H,27,30). The number of amides is 1. The van der Waals surface area contributed by atoms with Crippen molar-refractivity contribution in [2.24, 2.45) is 11.3 Å². The van der Waals surface area contributed by atoms with Gasteiger partial charge in [-0.15, -0.1) is 6.58 Å². The number of nitrogens with zero attached hydrogens (tertiary/aromatic N) is 1. The second-order valence-corrected chi connectivity index (χ2v) is 10.5. The van der Waals surface area contributed by atoms with E-state index >= 15 is 4.39 Å². The molecule has 7 heteroatoms. The quantitative estimate of drug-likeness (QED) is 0.511. The molecular formula is C25H37FN2O4. The second-order valence-electron chi connectivity index (χ2n) is 10.5. The van der Waals surface area contributed by atoms with Crippen LogP contribution < -0.4 is 5.32 Å². The number of halogens is 1. The van der Waals surface area contributed by atoms with E-state index < -0.39 is 22.3 Å². The lowest BCUT2D eigenvalue weighted by atomic mass is 9.73. The molecule has 2 saturated heterocycles. The number of rotatable bonds is 2. The first-order valence-electron chi connectivity index (χ1n) is 11.6.